The maximum atomic E-state index is 13.1. The third-order valence-electron chi connectivity index (χ3n) is 9.69. The summed E-state index contributed by atoms with van der Waals surface area (Å²) in [6.45, 7) is 14.5. The molecule has 0 aromatic carbocycles. The van der Waals surface area contributed by atoms with Gasteiger partial charge in [0, 0.05) is 28.7 Å². The fourth-order valence-corrected chi connectivity index (χ4v) is 7.62. The molecule has 0 spiro atoms. The molecule has 0 aromatic rings. The van der Waals surface area contributed by atoms with Crippen LogP contribution < -0.4 is 0 Å². The maximum Gasteiger partial charge on any atom is 0.341 e. The highest BCUT2D eigenvalue weighted by Crippen LogP contribution is 2.68. The van der Waals surface area contributed by atoms with E-state index in [1.165, 1.54) is 7.11 Å². The third-order valence-corrected chi connectivity index (χ3v) is 9.69. The Labute approximate surface area is 185 Å². The smallest absolute Gasteiger partial charge is 0.341 e. The summed E-state index contributed by atoms with van der Waals surface area (Å²) in [6.07, 6.45) is 4.08. The van der Waals surface area contributed by atoms with Crippen molar-refractivity contribution in [2.75, 3.05) is 7.11 Å². The average molecular weight is 429 g/mol. The number of Topliss-reactive ketones (excluding diaryl/α,β-unsaturated/α-hetero) is 2. The minimum absolute atomic E-state index is 0.0416. The van der Waals surface area contributed by atoms with Crippen molar-refractivity contribution in [2.45, 2.75) is 86.2 Å². The van der Waals surface area contributed by atoms with E-state index < -0.39 is 11.4 Å². The van der Waals surface area contributed by atoms with E-state index in [2.05, 4.69) is 34.6 Å². The Bertz CT molecular complexity index is 953. The number of ketones is 2. The first kappa shape index (κ1) is 22.3. The summed E-state index contributed by atoms with van der Waals surface area (Å²) >= 11 is 0. The van der Waals surface area contributed by atoms with Crippen molar-refractivity contribution in [3.8, 4) is 0 Å². The Morgan fingerprint density at radius 2 is 1.68 bits per heavy atom. The van der Waals surface area contributed by atoms with Gasteiger partial charge < -0.3 is 9.47 Å². The van der Waals surface area contributed by atoms with E-state index in [0.29, 0.717) is 23.7 Å². The zero-order valence-corrected chi connectivity index (χ0v) is 20.2. The van der Waals surface area contributed by atoms with Gasteiger partial charge in [0.1, 0.15) is 22.7 Å². The molecule has 3 aliphatic carbocycles. The van der Waals surface area contributed by atoms with Crippen LogP contribution in [0.5, 0.6) is 0 Å². The molecule has 31 heavy (non-hydrogen) atoms. The number of carbonyl (C=O) groups excluding carboxylic acids is 3. The molecule has 0 bridgehead atoms. The van der Waals surface area contributed by atoms with E-state index >= 15 is 0 Å². The van der Waals surface area contributed by atoms with E-state index in [1.54, 1.807) is 6.92 Å². The normalized spacial score (nSPS) is 41.8. The number of hydrogen-bond donors (Lipinski definition) is 0. The Kier molecular flexibility index (Phi) is 4.71. The number of fused-ring (bicyclic) bond motifs is 4. The van der Waals surface area contributed by atoms with Crippen LogP contribution in [-0.4, -0.2) is 30.2 Å². The largest absolute Gasteiger partial charge is 0.490 e. The minimum Gasteiger partial charge on any atom is -0.490 e. The third kappa shape index (κ3) is 2.70. The fourth-order valence-electron chi connectivity index (χ4n) is 7.62. The van der Waals surface area contributed by atoms with Gasteiger partial charge in [-0.1, -0.05) is 20.8 Å². The Morgan fingerprint density at radius 1 is 1.03 bits per heavy atom. The quantitative estimate of drug-likeness (QED) is 0.437. The Hall–Kier alpha value is -1.91. The molecule has 5 atom stereocenters. The fraction of sp³-hybridized carbons (Fsp3) is 0.731. The van der Waals surface area contributed by atoms with Crippen molar-refractivity contribution in [1.29, 1.82) is 0 Å². The SMILES string of the molecule is COC(=O)C1=C(C)[C@@]2(C)C[C@H]3[C@]4(C)CCC(=O)C(C)(C)[C@H]4CC[C@]3(C)OC2=C(C)C1=O. The molecule has 3 fully saturated rings. The van der Waals surface area contributed by atoms with Gasteiger partial charge in [0.05, 0.1) is 7.11 Å². The van der Waals surface area contributed by atoms with Gasteiger partial charge >= 0.3 is 5.97 Å². The second-order valence-corrected chi connectivity index (χ2v) is 11.5. The van der Waals surface area contributed by atoms with Gasteiger partial charge in [-0.2, -0.15) is 0 Å². The Morgan fingerprint density at radius 3 is 2.29 bits per heavy atom. The lowest BCUT2D eigenvalue weighted by Crippen LogP contribution is -2.63. The average Bonchev–Trinajstić information content (AvgIpc) is 2.70. The van der Waals surface area contributed by atoms with Crippen LogP contribution in [0.2, 0.25) is 0 Å². The highest BCUT2D eigenvalue weighted by Gasteiger charge is 2.66. The van der Waals surface area contributed by atoms with Crippen LogP contribution in [0.25, 0.3) is 0 Å². The van der Waals surface area contributed by atoms with Crippen molar-refractivity contribution >= 4 is 17.5 Å². The summed E-state index contributed by atoms with van der Waals surface area (Å²) in [5, 5.41) is 0. The molecule has 4 rings (SSSR count). The molecule has 5 nitrogen and oxygen atoms in total. The summed E-state index contributed by atoms with van der Waals surface area (Å²) < 4.78 is 11.8. The van der Waals surface area contributed by atoms with Crippen LogP contribution in [0.15, 0.2) is 22.5 Å². The van der Waals surface area contributed by atoms with E-state index in [1.807, 2.05) is 6.92 Å². The molecular weight excluding hydrogens is 392 g/mol. The number of methoxy groups -OCH3 is 1. The lowest BCUT2D eigenvalue weighted by Gasteiger charge is -2.65. The molecule has 0 radical (unpaired) electrons. The molecule has 5 heteroatoms. The van der Waals surface area contributed by atoms with E-state index in [4.69, 9.17) is 9.47 Å². The molecule has 4 aliphatic rings. The van der Waals surface area contributed by atoms with Crippen LogP contribution in [0.4, 0.5) is 0 Å². The molecule has 2 saturated carbocycles. The van der Waals surface area contributed by atoms with Gasteiger partial charge in [0.25, 0.3) is 0 Å². The van der Waals surface area contributed by atoms with Crippen molar-refractivity contribution in [3.63, 3.8) is 0 Å². The summed E-state index contributed by atoms with van der Waals surface area (Å²) in [7, 11) is 1.31. The van der Waals surface area contributed by atoms with Crippen molar-refractivity contribution in [3.05, 3.63) is 22.5 Å². The van der Waals surface area contributed by atoms with Gasteiger partial charge in [-0.15, -0.1) is 0 Å². The zero-order valence-electron chi connectivity index (χ0n) is 20.2. The lowest BCUT2D eigenvalue weighted by atomic mass is 9.42. The molecule has 0 unspecified atom stereocenters. The number of esters is 1. The van der Waals surface area contributed by atoms with Crippen molar-refractivity contribution in [1.82, 2.24) is 0 Å². The maximum absolute atomic E-state index is 13.1. The minimum atomic E-state index is -0.576. The first-order valence-corrected chi connectivity index (χ1v) is 11.5. The first-order valence-electron chi connectivity index (χ1n) is 11.5. The number of ether oxygens (including phenoxy) is 2. The predicted octanol–water partition coefficient (Wildman–Crippen LogP) is 4.94. The highest BCUT2D eigenvalue weighted by atomic mass is 16.5. The molecule has 1 aliphatic heterocycles. The molecular formula is C26H36O5. The van der Waals surface area contributed by atoms with E-state index in [9.17, 15) is 14.4 Å². The second-order valence-electron chi connectivity index (χ2n) is 11.5. The predicted molar refractivity (Wildman–Crippen MR) is 117 cm³/mol. The zero-order chi connectivity index (χ0) is 23.1. The van der Waals surface area contributed by atoms with Crippen LogP contribution in [-0.2, 0) is 23.9 Å². The van der Waals surface area contributed by atoms with Crippen molar-refractivity contribution < 1.29 is 23.9 Å². The lowest BCUT2D eigenvalue weighted by molar-refractivity contribution is -0.211. The van der Waals surface area contributed by atoms with Crippen LogP contribution in [0.3, 0.4) is 0 Å². The van der Waals surface area contributed by atoms with Gasteiger partial charge in [-0.3, -0.25) is 9.59 Å². The number of rotatable bonds is 1. The highest BCUT2D eigenvalue weighted by molar-refractivity contribution is 6.25. The number of carbonyl (C=O) groups is 3. The second kappa shape index (κ2) is 6.55. The van der Waals surface area contributed by atoms with Gasteiger partial charge in [0.15, 0.2) is 5.78 Å². The van der Waals surface area contributed by atoms with Crippen LogP contribution >= 0.6 is 0 Å². The summed E-state index contributed by atoms with van der Waals surface area (Å²) in [4.78, 5) is 38.4. The standard InChI is InChI=1S/C26H36O5/c1-14-20(28)19(22(29)30-8)15(2)25(6)13-17-24(5)11-10-18(27)23(3,4)16(24)9-12-26(17,7)31-21(14)25/h16-17H,9-13H2,1-8H3/t16-,17+,24-,25-,26+/m1/s1. The monoisotopic (exact) mass is 428 g/mol. The van der Waals surface area contributed by atoms with E-state index in [0.717, 1.165) is 37.0 Å². The van der Waals surface area contributed by atoms with E-state index in [-0.39, 0.29) is 33.7 Å². The van der Waals surface area contributed by atoms with Crippen LogP contribution in [0.1, 0.15) is 80.6 Å². The molecule has 170 valence electrons. The number of hydrogen-bond acceptors (Lipinski definition) is 5. The molecule has 0 N–H and O–H groups in total. The number of allylic oxidation sites excluding steroid dienone is 2. The topological polar surface area (TPSA) is 69.7 Å². The molecule has 1 heterocycles. The molecule has 1 saturated heterocycles. The summed E-state index contributed by atoms with van der Waals surface area (Å²) in [5.74, 6) is 0.734. The molecule has 0 amide bonds. The Balaban J connectivity index is 1.85. The van der Waals surface area contributed by atoms with Gasteiger partial charge in [-0.05, 0) is 70.3 Å². The van der Waals surface area contributed by atoms with Gasteiger partial charge in [-0.25, -0.2) is 4.79 Å². The summed E-state index contributed by atoms with van der Waals surface area (Å²) in [6, 6.07) is 0. The first-order chi connectivity index (χ1) is 14.2. The van der Waals surface area contributed by atoms with Gasteiger partial charge in [0.2, 0.25) is 0 Å². The van der Waals surface area contributed by atoms with Crippen LogP contribution in [0, 0.1) is 28.1 Å². The van der Waals surface area contributed by atoms with Crippen molar-refractivity contribution in [2.24, 2.45) is 28.1 Å². The summed E-state index contributed by atoms with van der Waals surface area (Å²) in [5.41, 5.74) is 0.0912. The molecule has 0 aromatic heterocycles.